The molecular formula is C23H22FN5O2S. The van der Waals surface area contributed by atoms with Gasteiger partial charge in [0.05, 0.1) is 11.4 Å². The van der Waals surface area contributed by atoms with Gasteiger partial charge in [0.1, 0.15) is 5.82 Å². The summed E-state index contributed by atoms with van der Waals surface area (Å²) in [7, 11) is 0. The van der Waals surface area contributed by atoms with Crippen molar-refractivity contribution in [2.24, 2.45) is 0 Å². The van der Waals surface area contributed by atoms with E-state index >= 15 is 0 Å². The van der Waals surface area contributed by atoms with Gasteiger partial charge in [0.15, 0.2) is 16.6 Å². The van der Waals surface area contributed by atoms with Crippen molar-refractivity contribution < 1.29 is 9.18 Å². The molecule has 0 atom stereocenters. The van der Waals surface area contributed by atoms with Crippen molar-refractivity contribution in [2.45, 2.75) is 31.3 Å². The van der Waals surface area contributed by atoms with Crippen LogP contribution in [0.5, 0.6) is 0 Å². The van der Waals surface area contributed by atoms with Crippen LogP contribution in [0.3, 0.4) is 0 Å². The second-order valence-electron chi connectivity index (χ2n) is 8.29. The van der Waals surface area contributed by atoms with Gasteiger partial charge in [-0.1, -0.05) is 68.9 Å². The number of halogens is 1. The first-order valence-corrected chi connectivity index (χ1v) is 11.0. The fourth-order valence-electron chi connectivity index (χ4n) is 3.11. The Morgan fingerprint density at radius 2 is 1.84 bits per heavy atom. The van der Waals surface area contributed by atoms with E-state index in [1.54, 1.807) is 12.1 Å². The van der Waals surface area contributed by atoms with Crippen molar-refractivity contribution in [1.82, 2.24) is 19.6 Å². The number of nitrogens with one attached hydrogen (secondary N) is 2. The predicted octanol–water partition coefficient (Wildman–Crippen LogP) is 4.25. The number of hydrogen-bond acceptors (Lipinski definition) is 5. The molecule has 164 valence electrons. The highest BCUT2D eigenvalue weighted by Crippen LogP contribution is 2.26. The Kier molecular flexibility index (Phi) is 5.84. The molecule has 2 N–H and O–H groups in total. The molecule has 0 unspecified atom stereocenters. The third-order valence-corrected chi connectivity index (χ3v) is 5.75. The number of amides is 1. The van der Waals surface area contributed by atoms with Crippen LogP contribution in [-0.4, -0.2) is 31.2 Å². The Labute approximate surface area is 188 Å². The number of carbonyl (C=O) groups is 1. The number of thioether (sulfide) groups is 1. The number of fused-ring (bicyclic) bond motifs is 1. The summed E-state index contributed by atoms with van der Waals surface area (Å²) in [6, 6.07) is 15.3. The highest BCUT2D eigenvalue weighted by atomic mass is 32.2. The molecule has 0 aliphatic rings. The van der Waals surface area contributed by atoms with Crippen LogP contribution in [0.2, 0.25) is 0 Å². The molecule has 2 aromatic carbocycles. The maximum atomic E-state index is 13.8. The normalized spacial score (nSPS) is 11.6. The lowest BCUT2D eigenvalue weighted by Crippen LogP contribution is -2.16. The number of carbonyl (C=O) groups excluding carboxylic acids is 1. The fourth-order valence-corrected chi connectivity index (χ4v) is 3.86. The van der Waals surface area contributed by atoms with Gasteiger partial charge in [-0.3, -0.25) is 14.7 Å². The van der Waals surface area contributed by atoms with Crippen LogP contribution >= 0.6 is 11.8 Å². The number of anilines is 1. The monoisotopic (exact) mass is 451 g/mol. The van der Waals surface area contributed by atoms with Gasteiger partial charge in [-0.05, 0) is 23.1 Å². The van der Waals surface area contributed by atoms with Crippen LogP contribution in [0.1, 0.15) is 26.3 Å². The second kappa shape index (κ2) is 8.58. The molecule has 0 bridgehead atoms. The standard InChI is InChI=1S/C23H22FN5O2S/c1-23(2,3)15-10-8-14(9-11-15)21-26-18-12-19(30)28-29(18)22(27-21)32-13-20(31)25-17-7-5-4-6-16(17)24/h4-12H,13H2,1-3H3,(H,25,31)(H,28,30). The zero-order chi connectivity index (χ0) is 22.9. The Bertz CT molecular complexity index is 1340. The summed E-state index contributed by atoms with van der Waals surface area (Å²) in [5.74, 6) is -0.479. The Balaban J connectivity index is 1.60. The topological polar surface area (TPSA) is 92.2 Å². The van der Waals surface area contributed by atoms with Gasteiger partial charge >= 0.3 is 0 Å². The minimum atomic E-state index is -0.508. The number of rotatable bonds is 5. The van der Waals surface area contributed by atoms with Crippen molar-refractivity contribution in [3.05, 3.63) is 76.3 Å². The lowest BCUT2D eigenvalue weighted by Gasteiger charge is -2.19. The molecule has 0 saturated carbocycles. The fraction of sp³-hybridized carbons (Fsp3) is 0.217. The van der Waals surface area contributed by atoms with E-state index in [9.17, 15) is 14.0 Å². The molecule has 9 heteroatoms. The molecule has 2 heterocycles. The average molecular weight is 452 g/mol. The van der Waals surface area contributed by atoms with Gasteiger partial charge in [0.2, 0.25) is 5.91 Å². The van der Waals surface area contributed by atoms with Gasteiger partial charge in [0, 0.05) is 11.6 Å². The molecular weight excluding hydrogens is 429 g/mol. The predicted molar refractivity (Wildman–Crippen MR) is 123 cm³/mol. The van der Waals surface area contributed by atoms with Gasteiger partial charge in [-0.15, -0.1) is 0 Å². The SMILES string of the molecule is CC(C)(C)c1ccc(-c2nc(SCC(=O)Nc3ccccc3F)n3[nH]c(=O)cc3n2)cc1. The quantitative estimate of drug-likeness (QED) is 0.443. The van der Waals surface area contributed by atoms with Crippen molar-refractivity contribution in [3.8, 4) is 11.4 Å². The number of aromatic amines is 1. The first-order chi connectivity index (χ1) is 15.2. The average Bonchev–Trinajstić information content (AvgIpc) is 3.13. The number of H-pyrrole nitrogens is 1. The molecule has 0 spiro atoms. The van der Waals surface area contributed by atoms with E-state index in [0.29, 0.717) is 16.6 Å². The number of para-hydroxylation sites is 1. The molecule has 4 aromatic rings. The van der Waals surface area contributed by atoms with E-state index in [0.717, 1.165) is 17.3 Å². The number of benzene rings is 2. The molecule has 2 aromatic heterocycles. The van der Waals surface area contributed by atoms with Crippen molar-refractivity contribution in [3.63, 3.8) is 0 Å². The van der Waals surface area contributed by atoms with E-state index < -0.39 is 11.7 Å². The van der Waals surface area contributed by atoms with Gasteiger partial charge in [-0.2, -0.15) is 0 Å². The summed E-state index contributed by atoms with van der Waals surface area (Å²) < 4.78 is 15.2. The zero-order valence-electron chi connectivity index (χ0n) is 17.8. The summed E-state index contributed by atoms with van der Waals surface area (Å²) in [5.41, 5.74) is 2.18. The van der Waals surface area contributed by atoms with Crippen LogP contribution in [0.15, 0.2) is 64.5 Å². The molecule has 4 rings (SSSR count). The summed E-state index contributed by atoms with van der Waals surface area (Å²) in [6.07, 6.45) is 0. The molecule has 0 saturated heterocycles. The smallest absolute Gasteiger partial charge is 0.266 e. The molecule has 0 fully saturated rings. The van der Waals surface area contributed by atoms with Gasteiger partial charge in [0.25, 0.3) is 5.56 Å². The summed E-state index contributed by atoms with van der Waals surface area (Å²) >= 11 is 1.12. The number of aromatic nitrogens is 4. The highest BCUT2D eigenvalue weighted by Gasteiger charge is 2.16. The van der Waals surface area contributed by atoms with E-state index in [-0.39, 0.29) is 22.4 Å². The first kappa shape index (κ1) is 21.8. The van der Waals surface area contributed by atoms with Gasteiger partial charge in [-0.25, -0.2) is 18.9 Å². The Morgan fingerprint density at radius 1 is 1.12 bits per heavy atom. The van der Waals surface area contributed by atoms with E-state index in [1.165, 1.54) is 28.3 Å². The maximum Gasteiger partial charge on any atom is 0.266 e. The van der Waals surface area contributed by atoms with Crippen LogP contribution in [0.4, 0.5) is 10.1 Å². The zero-order valence-corrected chi connectivity index (χ0v) is 18.7. The van der Waals surface area contributed by atoms with Crippen LogP contribution in [-0.2, 0) is 10.2 Å². The minimum Gasteiger partial charge on any atom is -0.323 e. The number of nitrogens with zero attached hydrogens (tertiary/aromatic N) is 3. The molecule has 0 aliphatic heterocycles. The largest absolute Gasteiger partial charge is 0.323 e. The van der Waals surface area contributed by atoms with E-state index in [4.69, 9.17) is 0 Å². The maximum absolute atomic E-state index is 13.8. The van der Waals surface area contributed by atoms with Crippen LogP contribution in [0.25, 0.3) is 17.0 Å². The van der Waals surface area contributed by atoms with Crippen LogP contribution in [0, 0.1) is 5.82 Å². The summed E-state index contributed by atoms with van der Waals surface area (Å²) in [4.78, 5) is 33.3. The van der Waals surface area contributed by atoms with E-state index in [2.05, 4.69) is 41.2 Å². The van der Waals surface area contributed by atoms with Crippen molar-refractivity contribution in [2.75, 3.05) is 11.1 Å². The lowest BCUT2D eigenvalue weighted by atomic mass is 9.87. The Hall–Kier alpha value is -3.46. The third kappa shape index (κ3) is 4.72. The highest BCUT2D eigenvalue weighted by molar-refractivity contribution is 7.99. The van der Waals surface area contributed by atoms with E-state index in [1.807, 2.05) is 24.3 Å². The second-order valence-corrected chi connectivity index (χ2v) is 9.23. The van der Waals surface area contributed by atoms with Gasteiger partial charge < -0.3 is 5.32 Å². The number of hydrogen-bond donors (Lipinski definition) is 2. The molecule has 1 amide bonds. The molecule has 7 nitrogen and oxygen atoms in total. The third-order valence-electron chi connectivity index (χ3n) is 4.81. The first-order valence-electron chi connectivity index (χ1n) is 9.98. The Morgan fingerprint density at radius 3 is 2.53 bits per heavy atom. The molecule has 0 aliphatic carbocycles. The molecule has 0 radical (unpaired) electrons. The van der Waals surface area contributed by atoms with Crippen molar-refractivity contribution in [1.29, 1.82) is 0 Å². The lowest BCUT2D eigenvalue weighted by molar-refractivity contribution is -0.113. The summed E-state index contributed by atoms with van der Waals surface area (Å²) in [5, 5.41) is 5.58. The minimum absolute atomic E-state index is 0.0178. The van der Waals surface area contributed by atoms with Crippen LogP contribution < -0.4 is 10.9 Å². The summed E-state index contributed by atoms with van der Waals surface area (Å²) in [6.45, 7) is 6.41. The van der Waals surface area contributed by atoms with Crippen molar-refractivity contribution >= 4 is 29.0 Å². The molecule has 32 heavy (non-hydrogen) atoms.